The molecule has 2 aromatic rings. The molecule has 1 aromatic heterocycles. The first-order valence-electron chi connectivity index (χ1n) is 10.2. The second-order valence-corrected chi connectivity index (χ2v) is 7.95. The molecule has 1 amide bonds. The number of hydrogen-bond acceptors (Lipinski definition) is 3. The zero-order valence-corrected chi connectivity index (χ0v) is 16.0. The number of carbonyl (C=O) groups is 1. The van der Waals surface area contributed by atoms with E-state index in [0.29, 0.717) is 18.4 Å². The molecule has 142 valence electrons. The lowest BCUT2D eigenvalue weighted by Gasteiger charge is -2.45. The summed E-state index contributed by atoms with van der Waals surface area (Å²) in [4.78, 5) is 22.1. The molecule has 4 heterocycles. The van der Waals surface area contributed by atoms with E-state index >= 15 is 0 Å². The lowest BCUT2D eigenvalue weighted by Crippen LogP contribution is -2.53. The maximum absolute atomic E-state index is 13.4. The van der Waals surface area contributed by atoms with E-state index in [1.165, 1.54) is 37.1 Å². The molecular formula is C23H29N3O. The molecule has 4 heteroatoms. The molecule has 3 fully saturated rings. The summed E-state index contributed by atoms with van der Waals surface area (Å²) in [6, 6.07) is 14.6. The van der Waals surface area contributed by atoms with Gasteiger partial charge in [-0.1, -0.05) is 30.3 Å². The standard InChI is InChI=1S/C23H29N3O/c27-23(22-18-25-15-10-21(22)11-16-25)26(17-20-8-12-24-13-9-20)14-4-7-19-5-2-1-3-6-19/h1-3,5-6,8-9,12-13,21-22H,4,7,10-11,14-18H2. The fourth-order valence-corrected chi connectivity index (χ4v) is 4.57. The fourth-order valence-electron chi connectivity index (χ4n) is 4.57. The number of carbonyl (C=O) groups excluding carboxylic acids is 1. The van der Waals surface area contributed by atoms with Crippen LogP contribution in [-0.4, -0.2) is 46.9 Å². The first kappa shape index (κ1) is 18.2. The van der Waals surface area contributed by atoms with Gasteiger partial charge in [0.2, 0.25) is 5.91 Å². The second kappa shape index (κ2) is 8.66. The maximum atomic E-state index is 13.4. The number of amides is 1. The van der Waals surface area contributed by atoms with E-state index < -0.39 is 0 Å². The van der Waals surface area contributed by atoms with Crippen molar-refractivity contribution in [1.29, 1.82) is 0 Å². The van der Waals surface area contributed by atoms with E-state index in [0.717, 1.165) is 25.9 Å². The largest absolute Gasteiger partial charge is 0.338 e. The van der Waals surface area contributed by atoms with Crippen LogP contribution in [0.3, 0.4) is 0 Å². The third-order valence-electron chi connectivity index (χ3n) is 6.14. The number of aromatic nitrogens is 1. The molecule has 0 N–H and O–H groups in total. The minimum Gasteiger partial charge on any atom is -0.338 e. The van der Waals surface area contributed by atoms with Crippen molar-refractivity contribution in [3.05, 3.63) is 66.0 Å². The summed E-state index contributed by atoms with van der Waals surface area (Å²) < 4.78 is 0. The van der Waals surface area contributed by atoms with Gasteiger partial charge in [-0.05, 0) is 68.0 Å². The maximum Gasteiger partial charge on any atom is 0.227 e. The highest BCUT2D eigenvalue weighted by Crippen LogP contribution is 2.33. The molecule has 0 radical (unpaired) electrons. The van der Waals surface area contributed by atoms with Gasteiger partial charge >= 0.3 is 0 Å². The first-order valence-corrected chi connectivity index (χ1v) is 10.2. The number of hydrogen-bond donors (Lipinski definition) is 0. The number of nitrogens with zero attached hydrogens (tertiary/aromatic N) is 3. The van der Waals surface area contributed by atoms with Gasteiger partial charge in [0.15, 0.2) is 0 Å². The van der Waals surface area contributed by atoms with Crippen LogP contribution >= 0.6 is 0 Å². The molecule has 2 bridgehead atoms. The predicted octanol–water partition coefficient (Wildman–Crippen LogP) is 3.38. The van der Waals surface area contributed by atoms with Gasteiger partial charge in [-0.25, -0.2) is 0 Å². The van der Waals surface area contributed by atoms with Crippen LogP contribution in [-0.2, 0) is 17.8 Å². The van der Waals surface area contributed by atoms with Gasteiger partial charge < -0.3 is 9.80 Å². The Kier molecular flexibility index (Phi) is 5.83. The minimum absolute atomic E-state index is 0.186. The van der Waals surface area contributed by atoms with Crippen LogP contribution in [0.25, 0.3) is 0 Å². The zero-order valence-electron chi connectivity index (χ0n) is 16.0. The topological polar surface area (TPSA) is 36.4 Å². The summed E-state index contributed by atoms with van der Waals surface area (Å²) in [5.41, 5.74) is 2.51. The third-order valence-corrected chi connectivity index (χ3v) is 6.14. The van der Waals surface area contributed by atoms with E-state index in [1.807, 2.05) is 24.5 Å². The van der Waals surface area contributed by atoms with E-state index in [-0.39, 0.29) is 5.92 Å². The van der Waals surface area contributed by atoms with Gasteiger partial charge in [-0.3, -0.25) is 9.78 Å². The number of benzene rings is 1. The average Bonchev–Trinajstić information content (AvgIpc) is 2.75. The number of aryl methyl sites for hydroxylation is 1. The Morgan fingerprint density at radius 2 is 1.78 bits per heavy atom. The lowest BCUT2D eigenvalue weighted by molar-refractivity contribution is -0.142. The van der Waals surface area contributed by atoms with Gasteiger partial charge in [-0.2, -0.15) is 0 Å². The second-order valence-electron chi connectivity index (χ2n) is 7.95. The van der Waals surface area contributed by atoms with Crippen LogP contribution < -0.4 is 0 Å². The van der Waals surface area contributed by atoms with Gasteiger partial charge in [0.25, 0.3) is 0 Å². The monoisotopic (exact) mass is 363 g/mol. The smallest absolute Gasteiger partial charge is 0.227 e. The Labute approximate surface area is 162 Å². The van der Waals surface area contributed by atoms with Crippen molar-refractivity contribution < 1.29 is 4.79 Å². The highest BCUT2D eigenvalue weighted by molar-refractivity contribution is 5.79. The van der Waals surface area contributed by atoms with Crippen LogP contribution in [0.5, 0.6) is 0 Å². The quantitative estimate of drug-likeness (QED) is 0.757. The Morgan fingerprint density at radius 1 is 1.04 bits per heavy atom. The molecule has 1 aromatic carbocycles. The van der Waals surface area contributed by atoms with Crippen molar-refractivity contribution in [2.45, 2.75) is 32.2 Å². The van der Waals surface area contributed by atoms with Crippen molar-refractivity contribution in [3.8, 4) is 0 Å². The van der Waals surface area contributed by atoms with Crippen molar-refractivity contribution >= 4 is 5.91 Å². The molecule has 27 heavy (non-hydrogen) atoms. The summed E-state index contributed by atoms with van der Waals surface area (Å²) in [6.07, 6.45) is 8.02. The van der Waals surface area contributed by atoms with E-state index in [4.69, 9.17) is 0 Å². The van der Waals surface area contributed by atoms with Crippen LogP contribution in [0.2, 0.25) is 0 Å². The van der Waals surface area contributed by atoms with Crippen LogP contribution in [0.4, 0.5) is 0 Å². The fraction of sp³-hybridized carbons (Fsp3) is 0.478. The molecule has 3 aliphatic heterocycles. The molecular weight excluding hydrogens is 334 g/mol. The SMILES string of the molecule is O=C(C1CN2CCC1CC2)N(CCCc1ccccc1)Cc1ccncc1. The number of rotatable bonds is 7. The molecule has 0 aliphatic carbocycles. The molecule has 1 atom stereocenters. The number of pyridine rings is 1. The number of fused-ring (bicyclic) bond motifs is 3. The van der Waals surface area contributed by atoms with Gasteiger partial charge in [0.1, 0.15) is 0 Å². The van der Waals surface area contributed by atoms with Crippen molar-refractivity contribution in [2.75, 3.05) is 26.2 Å². The van der Waals surface area contributed by atoms with Gasteiger partial charge in [-0.15, -0.1) is 0 Å². The molecule has 1 unspecified atom stereocenters. The first-order chi connectivity index (χ1) is 13.3. The van der Waals surface area contributed by atoms with E-state index in [1.54, 1.807) is 0 Å². The molecule has 5 rings (SSSR count). The summed E-state index contributed by atoms with van der Waals surface area (Å²) >= 11 is 0. The van der Waals surface area contributed by atoms with Gasteiger partial charge in [0.05, 0.1) is 5.92 Å². The molecule has 3 saturated heterocycles. The Bertz CT molecular complexity index is 726. The lowest BCUT2D eigenvalue weighted by atomic mass is 9.78. The van der Waals surface area contributed by atoms with Crippen molar-refractivity contribution in [2.24, 2.45) is 11.8 Å². The van der Waals surface area contributed by atoms with Crippen LogP contribution in [0.15, 0.2) is 54.9 Å². The average molecular weight is 364 g/mol. The van der Waals surface area contributed by atoms with E-state index in [2.05, 4.69) is 45.1 Å². The van der Waals surface area contributed by atoms with Crippen LogP contribution in [0, 0.1) is 11.8 Å². The normalized spacial score (nSPS) is 23.9. The molecule has 3 aliphatic rings. The molecule has 0 saturated carbocycles. The van der Waals surface area contributed by atoms with Gasteiger partial charge in [0, 0.05) is 32.0 Å². The third kappa shape index (κ3) is 4.56. The Morgan fingerprint density at radius 3 is 2.44 bits per heavy atom. The Hall–Kier alpha value is -2.20. The summed E-state index contributed by atoms with van der Waals surface area (Å²) in [5.74, 6) is 1.12. The summed E-state index contributed by atoms with van der Waals surface area (Å²) in [5, 5.41) is 0. The summed E-state index contributed by atoms with van der Waals surface area (Å²) in [7, 11) is 0. The van der Waals surface area contributed by atoms with Crippen molar-refractivity contribution in [3.63, 3.8) is 0 Å². The zero-order chi connectivity index (χ0) is 18.5. The molecule has 0 spiro atoms. The predicted molar refractivity (Wildman–Crippen MR) is 107 cm³/mol. The molecule has 4 nitrogen and oxygen atoms in total. The number of piperidine rings is 3. The van der Waals surface area contributed by atoms with Crippen LogP contribution in [0.1, 0.15) is 30.4 Å². The Balaban J connectivity index is 1.43. The minimum atomic E-state index is 0.186. The summed E-state index contributed by atoms with van der Waals surface area (Å²) in [6.45, 7) is 4.81. The highest BCUT2D eigenvalue weighted by atomic mass is 16.2. The van der Waals surface area contributed by atoms with E-state index in [9.17, 15) is 4.79 Å². The van der Waals surface area contributed by atoms with Crippen molar-refractivity contribution in [1.82, 2.24) is 14.8 Å². The highest BCUT2D eigenvalue weighted by Gasteiger charge is 2.39.